The Labute approximate surface area is 193 Å². The fourth-order valence-corrected chi connectivity index (χ4v) is 4.04. The molecule has 0 unspecified atom stereocenters. The molecule has 3 aromatic carbocycles. The monoisotopic (exact) mass is 476 g/mol. The highest BCUT2D eigenvalue weighted by atomic mass is 31.2. The van der Waals surface area contributed by atoms with Gasteiger partial charge in [-0.1, -0.05) is 54.6 Å². The average molecular weight is 476 g/mol. The van der Waals surface area contributed by atoms with Crippen LogP contribution >= 0.6 is 17.2 Å². The predicted octanol–water partition coefficient (Wildman–Crippen LogP) is 7.77. The zero-order chi connectivity index (χ0) is 22.9. The number of rotatable bonds is 12. The molecule has 3 aromatic rings. The molecule has 0 fully saturated rings. The highest BCUT2D eigenvalue weighted by molar-refractivity contribution is 7.43. The van der Waals surface area contributed by atoms with E-state index in [0.717, 1.165) is 0 Å². The number of hydrogen-bond acceptors (Lipinski definition) is 6. The molecule has 3 rings (SSSR count). The summed E-state index contributed by atoms with van der Waals surface area (Å²) in [6.45, 7) is 7.71. The summed E-state index contributed by atoms with van der Waals surface area (Å²) in [5, 5.41) is 0. The molecular formula is C24H30O6P2. The van der Waals surface area contributed by atoms with Crippen LogP contribution in [-0.2, 0) is 13.6 Å². The molecule has 0 bridgehead atoms. The van der Waals surface area contributed by atoms with Crippen molar-refractivity contribution in [3.63, 3.8) is 0 Å². The number of para-hydroxylation sites is 3. The molecule has 0 amide bonds. The highest BCUT2D eigenvalue weighted by Crippen LogP contribution is 2.42. The molecule has 0 aliphatic rings. The van der Waals surface area contributed by atoms with Crippen molar-refractivity contribution in [3.8, 4) is 17.2 Å². The van der Waals surface area contributed by atoms with Crippen molar-refractivity contribution in [2.45, 2.75) is 20.8 Å². The molecule has 32 heavy (non-hydrogen) atoms. The lowest BCUT2D eigenvalue weighted by Gasteiger charge is -2.17. The molecule has 172 valence electrons. The second kappa shape index (κ2) is 16.4. The van der Waals surface area contributed by atoms with Crippen LogP contribution in [0.2, 0.25) is 0 Å². The van der Waals surface area contributed by atoms with Gasteiger partial charge in [0.05, 0.1) is 19.8 Å². The highest BCUT2D eigenvalue weighted by Gasteiger charge is 2.19. The summed E-state index contributed by atoms with van der Waals surface area (Å²) >= 11 is 0. The van der Waals surface area contributed by atoms with Gasteiger partial charge in [0, 0.05) is 0 Å². The summed E-state index contributed by atoms with van der Waals surface area (Å²) in [7, 11) is -2.65. The maximum Gasteiger partial charge on any atom is 0.530 e. The topological polar surface area (TPSA) is 55.4 Å². The van der Waals surface area contributed by atoms with Gasteiger partial charge in [0.2, 0.25) is 0 Å². The van der Waals surface area contributed by atoms with Gasteiger partial charge < -0.3 is 27.1 Å². The average Bonchev–Trinajstić information content (AvgIpc) is 2.82. The van der Waals surface area contributed by atoms with Crippen LogP contribution in [0.25, 0.3) is 0 Å². The van der Waals surface area contributed by atoms with Crippen molar-refractivity contribution >= 4 is 17.2 Å². The Morgan fingerprint density at radius 2 is 0.719 bits per heavy atom. The first-order valence-electron chi connectivity index (χ1n) is 10.4. The molecule has 0 aromatic heterocycles. The van der Waals surface area contributed by atoms with Crippen LogP contribution in [0, 0.1) is 0 Å². The minimum atomic E-state index is -1.59. The van der Waals surface area contributed by atoms with Crippen LogP contribution in [0.4, 0.5) is 0 Å². The summed E-state index contributed by atoms with van der Waals surface area (Å²) in [6.07, 6.45) is 0. The molecule has 0 saturated heterocycles. The van der Waals surface area contributed by atoms with Gasteiger partial charge in [-0.3, -0.25) is 0 Å². The summed E-state index contributed by atoms with van der Waals surface area (Å²) in [5.74, 6) is 2.13. The van der Waals surface area contributed by atoms with Crippen LogP contribution in [0.1, 0.15) is 20.8 Å². The molecule has 0 radical (unpaired) electrons. The van der Waals surface area contributed by atoms with Gasteiger partial charge in [0.25, 0.3) is 0 Å². The minimum absolute atomic E-state index is 0.645. The van der Waals surface area contributed by atoms with Crippen molar-refractivity contribution in [2.24, 2.45) is 0 Å². The number of hydrogen-bond donors (Lipinski definition) is 0. The van der Waals surface area contributed by atoms with Crippen LogP contribution in [0.3, 0.4) is 0 Å². The van der Waals surface area contributed by atoms with Crippen molar-refractivity contribution in [3.05, 3.63) is 91.0 Å². The lowest BCUT2D eigenvalue weighted by molar-refractivity contribution is 0.176. The van der Waals surface area contributed by atoms with Gasteiger partial charge in [0.15, 0.2) is 0 Å². The third-order valence-corrected chi connectivity index (χ3v) is 5.96. The predicted molar refractivity (Wildman–Crippen MR) is 130 cm³/mol. The van der Waals surface area contributed by atoms with Crippen LogP contribution in [0.5, 0.6) is 17.2 Å². The van der Waals surface area contributed by atoms with E-state index in [0.29, 0.717) is 37.1 Å². The molecule has 0 spiro atoms. The Hall–Kier alpha value is -2.20. The van der Waals surface area contributed by atoms with E-state index in [9.17, 15) is 0 Å². The normalized spacial score (nSPS) is 10.4. The van der Waals surface area contributed by atoms with Gasteiger partial charge in [-0.15, -0.1) is 0 Å². The first-order chi connectivity index (χ1) is 15.7. The second-order valence-electron chi connectivity index (χ2n) is 5.91. The Balaban J connectivity index is 0.000000309. The van der Waals surface area contributed by atoms with E-state index in [-0.39, 0.29) is 0 Å². The maximum absolute atomic E-state index is 5.84. The Bertz CT molecular complexity index is 711. The van der Waals surface area contributed by atoms with E-state index in [1.54, 1.807) is 0 Å². The molecule has 0 atom stereocenters. The minimum Gasteiger partial charge on any atom is -0.409 e. The van der Waals surface area contributed by atoms with Crippen molar-refractivity contribution in [2.75, 3.05) is 19.8 Å². The molecule has 0 saturated carbocycles. The first-order valence-corrected chi connectivity index (χ1v) is 12.6. The summed E-state index contributed by atoms with van der Waals surface area (Å²) in [4.78, 5) is 0. The summed E-state index contributed by atoms with van der Waals surface area (Å²) in [6, 6.07) is 28.5. The van der Waals surface area contributed by atoms with Crippen LogP contribution in [0.15, 0.2) is 91.0 Å². The van der Waals surface area contributed by atoms with Gasteiger partial charge in [0.1, 0.15) is 17.2 Å². The van der Waals surface area contributed by atoms with Crippen LogP contribution in [-0.4, -0.2) is 19.8 Å². The molecule has 0 aliphatic heterocycles. The lowest BCUT2D eigenvalue weighted by atomic mass is 10.3. The van der Waals surface area contributed by atoms with E-state index < -0.39 is 17.2 Å². The van der Waals surface area contributed by atoms with E-state index in [1.165, 1.54) is 0 Å². The Kier molecular flexibility index (Phi) is 13.4. The molecule has 6 nitrogen and oxygen atoms in total. The molecule has 0 heterocycles. The van der Waals surface area contributed by atoms with E-state index in [4.69, 9.17) is 27.1 Å². The zero-order valence-corrected chi connectivity index (χ0v) is 20.4. The smallest absolute Gasteiger partial charge is 0.409 e. The van der Waals surface area contributed by atoms with E-state index in [1.807, 2.05) is 112 Å². The molecular weight excluding hydrogens is 446 g/mol. The lowest BCUT2D eigenvalue weighted by Crippen LogP contribution is -2.02. The fourth-order valence-electron chi connectivity index (χ4n) is 2.19. The van der Waals surface area contributed by atoms with Gasteiger partial charge in [-0.2, -0.15) is 0 Å². The third-order valence-electron chi connectivity index (χ3n) is 3.47. The third kappa shape index (κ3) is 10.9. The number of benzene rings is 3. The van der Waals surface area contributed by atoms with Gasteiger partial charge in [-0.25, -0.2) is 0 Å². The molecule has 8 heteroatoms. The van der Waals surface area contributed by atoms with Gasteiger partial charge >= 0.3 is 17.2 Å². The largest absolute Gasteiger partial charge is 0.530 e. The van der Waals surface area contributed by atoms with Gasteiger partial charge in [-0.05, 0) is 57.2 Å². The Morgan fingerprint density at radius 1 is 0.438 bits per heavy atom. The SMILES string of the molecule is CCOP(OCC)OCC.c1ccc(OP(Oc2ccccc2)Oc2ccccc2)cc1. The summed E-state index contributed by atoms with van der Waals surface area (Å²) in [5.41, 5.74) is 0. The molecule has 0 aliphatic carbocycles. The second-order valence-corrected chi connectivity index (χ2v) is 8.13. The standard InChI is InChI=1S/C18H15O3P.C6H15O3P/c1-4-10-16(11-5-1)19-22(20-17-12-6-2-7-13-17)21-18-14-8-3-9-15-18;1-4-7-10(8-5-2)9-6-3/h1-15H;4-6H2,1-3H3. The molecule has 0 N–H and O–H groups in total. The Morgan fingerprint density at radius 3 is 0.969 bits per heavy atom. The van der Waals surface area contributed by atoms with Crippen molar-refractivity contribution < 1.29 is 27.1 Å². The van der Waals surface area contributed by atoms with E-state index in [2.05, 4.69) is 0 Å². The quantitative estimate of drug-likeness (QED) is 0.249. The summed E-state index contributed by atoms with van der Waals surface area (Å²) < 4.78 is 33.0. The maximum atomic E-state index is 5.84. The fraction of sp³-hybridized carbons (Fsp3) is 0.250. The van der Waals surface area contributed by atoms with Crippen molar-refractivity contribution in [1.82, 2.24) is 0 Å². The van der Waals surface area contributed by atoms with E-state index >= 15 is 0 Å². The zero-order valence-electron chi connectivity index (χ0n) is 18.6. The van der Waals surface area contributed by atoms with Crippen molar-refractivity contribution in [1.29, 1.82) is 0 Å². The van der Waals surface area contributed by atoms with Crippen LogP contribution < -0.4 is 13.6 Å². The first kappa shape index (κ1) is 26.1.